The van der Waals surface area contributed by atoms with Crippen LogP contribution in [0.3, 0.4) is 0 Å². The van der Waals surface area contributed by atoms with E-state index in [1.807, 2.05) is 10.6 Å². The lowest BCUT2D eigenvalue weighted by Gasteiger charge is -2.47. The molecule has 88 heavy (non-hydrogen) atoms. The zero-order valence-electron chi connectivity index (χ0n) is 52.9. The van der Waals surface area contributed by atoms with Crippen molar-refractivity contribution in [2.24, 2.45) is 0 Å². The molecule has 2 aliphatic heterocycles. The zero-order chi connectivity index (χ0) is 62.5. The van der Waals surface area contributed by atoms with Crippen molar-refractivity contribution in [3.8, 4) is 72.4 Å². The topological polar surface area (TPSA) is 15.8 Å². The predicted molar refractivity (Wildman–Crippen MR) is 372 cm³/mol. The molecular formula is C83H59BN4. The molecule has 0 aliphatic carbocycles. The quantitative estimate of drug-likeness (QED) is 0.106. The fraction of sp³-hybridized carbons (Fsp3) is 0.0482. The van der Waals surface area contributed by atoms with Crippen molar-refractivity contribution in [1.82, 2.24) is 4.57 Å². The third kappa shape index (κ3) is 8.59. The maximum Gasteiger partial charge on any atom is 0.252 e. The number of fused-ring (bicyclic) bond motifs is 7. The average molecular weight is 1130 g/mol. The second-order valence-electron chi connectivity index (χ2n) is 24.0. The Hall–Kier alpha value is -11.2. The molecule has 414 valence electrons. The zero-order valence-corrected chi connectivity index (χ0v) is 48.9. The second kappa shape index (κ2) is 21.1. The number of benzene rings is 13. The monoisotopic (exact) mass is 1130 g/mol. The molecule has 0 radical (unpaired) electrons. The van der Waals surface area contributed by atoms with Gasteiger partial charge in [-0.3, -0.25) is 0 Å². The van der Waals surface area contributed by atoms with E-state index in [-0.39, 0.29) is 29.6 Å². The van der Waals surface area contributed by atoms with Crippen LogP contribution in [0.25, 0.3) is 99.1 Å². The summed E-state index contributed by atoms with van der Waals surface area (Å²) in [7, 11) is 0. The largest absolute Gasteiger partial charge is 0.310 e. The summed E-state index contributed by atoms with van der Waals surface area (Å²) < 4.78 is 40.3. The molecule has 0 bridgehead atoms. The summed E-state index contributed by atoms with van der Waals surface area (Å²) in [6.45, 7) is 14.7. The normalized spacial score (nSPS) is 13.0. The van der Waals surface area contributed by atoms with Gasteiger partial charge in [0.15, 0.2) is 5.69 Å². The van der Waals surface area contributed by atoms with Crippen LogP contribution in [-0.4, -0.2) is 11.3 Å². The number of hydrogen-bond donors (Lipinski definition) is 0. The lowest BCUT2D eigenvalue weighted by molar-refractivity contribution is 0.590. The number of para-hydroxylation sites is 3. The van der Waals surface area contributed by atoms with Crippen LogP contribution in [0.5, 0.6) is 0 Å². The van der Waals surface area contributed by atoms with Crippen molar-refractivity contribution in [2.75, 3.05) is 9.80 Å². The van der Waals surface area contributed by atoms with Crippen LogP contribution in [0.2, 0.25) is 0 Å². The SMILES string of the molecule is [2H]c1c([2H])c([2H])c2c(c1[2H])c1cc([N+]#[C-])ccc1n2-c1cc2c3c(c1)N(c1c(-c4ccccc4)cccc1-c1ccccc1)c1cc(-c4ccccc4)cc(-c4ccccc4)c1B3c1ccc(C(C)(C)C)cc1N2c1c(-c2ccccc2)cccc1-c1ccccc1. The van der Waals surface area contributed by atoms with Gasteiger partial charge in [0.25, 0.3) is 6.71 Å². The summed E-state index contributed by atoms with van der Waals surface area (Å²) in [6.07, 6.45) is 0. The third-order valence-electron chi connectivity index (χ3n) is 17.8. The highest BCUT2D eigenvalue weighted by molar-refractivity contribution is 7.01. The van der Waals surface area contributed by atoms with Gasteiger partial charge in [0.2, 0.25) is 0 Å². The predicted octanol–water partition coefficient (Wildman–Crippen LogP) is 20.7. The standard InChI is InChI=1S/C83H59BN4/c1-83(2,3)62-45-47-72-75(51-62)87(81-65(56-29-13-6-14-30-56)40-25-41-66(81)57-31-15-7-16-32-57)77-53-64(86-73-44-24-23-39-69(73)71-52-63(85-4)46-48-74(71)86)54-78-80(77)84(72)79-70(60-37-21-10-22-38-60)49-61(55-27-11-5-12-28-55)50-76(79)88(78)82-67(58-33-17-8-18-34-58)42-26-43-68(82)59-35-19-9-20-36-59/h5-54H,1-3H3/i23D,24D,39D,44D. The van der Waals surface area contributed by atoms with Gasteiger partial charge in [-0.2, -0.15) is 0 Å². The number of rotatable bonds is 9. The molecule has 0 unspecified atom stereocenters. The molecular weight excluding hydrogens is 1060 g/mol. The Kier molecular flexibility index (Phi) is 11.5. The van der Waals surface area contributed by atoms with Crippen LogP contribution in [0.1, 0.15) is 31.8 Å². The maximum absolute atomic E-state index is 10.0. The summed E-state index contributed by atoms with van der Waals surface area (Å²) in [6, 6.07) is 98.5. The van der Waals surface area contributed by atoms with E-state index >= 15 is 0 Å². The minimum Gasteiger partial charge on any atom is -0.310 e. The van der Waals surface area contributed by atoms with E-state index in [4.69, 9.17) is 7.94 Å². The fourth-order valence-corrected chi connectivity index (χ4v) is 13.8. The highest BCUT2D eigenvalue weighted by Gasteiger charge is 2.47. The van der Waals surface area contributed by atoms with Gasteiger partial charge in [-0.15, -0.1) is 0 Å². The number of hydrogen-bond acceptors (Lipinski definition) is 2. The van der Waals surface area contributed by atoms with Gasteiger partial charge >= 0.3 is 0 Å². The van der Waals surface area contributed by atoms with E-state index in [9.17, 15) is 4.11 Å². The number of anilines is 6. The number of aromatic nitrogens is 1. The lowest BCUT2D eigenvalue weighted by atomic mass is 9.32. The molecule has 5 heteroatoms. The van der Waals surface area contributed by atoms with E-state index in [2.05, 4.69) is 296 Å². The molecule has 0 N–H and O–H groups in total. The van der Waals surface area contributed by atoms with Crippen LogP contribution >= 0.6 is 0 Å². The molecule has 0 amide bonds. The van der Waals surface area contributed by atoms with Gasteiger partial charge in [0.05, 0.1) is 40.2 Å². The minimum atomic E-state index is -0.398. The van der Waals surface area contributed by atoms with Crippen LogP contribution < -0.4 is 26.2 Å². The molecule has 0 saturated carbocycles. The maximum atomic E-state index is 10.0. The smallest absolute Gasteiger partial charge is 0.252 e. The van der Waals surface area contributed by atoms with Crippen molar-refractivity contribution < 1.29 is 5.48 Å². The van der Waals surface area contributed by atoms with Crippen molar-refractivity contribution >= 4 is 84.7 Å². The van der Waals surface area contributed by atoms with E-state index in [0.29, 0.717) is 33.2 Å². The molecule has 0 atom stereocenters. The Morgan fingerprint density at radius 3 is 1.32 bits per heavy atom. The van der Waals surface area contributed by atoms with Crippen LogP contribution in [0, 0.1) is 6.57 Å². The highest BCUT2D eigenvalue weighted by Crippen LogP contribution is 2.55. The Labute approximate surface area is 520 Å². The van der Waals surface area contributed by atoms with Gasteiger partial charge in [0, 0.05) is 50.4 Å². The summed E-state index contributed by atoms with van der Waals surface area (Å²) in [4.78, 5) is 8.94. The molecule has 2 aliphatic rings. The summed E-state index contributed by atoms with van der Waals surface area (Å²) in [5.41, 5.74) is 24.5. The first-order valence-electron chi connectivity index (χ1n) is 32.1. The first kappa shape index (κ1) is 48.1. The van der Waals surface area contributed by atoms with Gasteiger partial charge in [-0.25, -0.2) is 4.85 Å². The van der Waals surface area contributed by atoms with E-state index in [0.717, 1.165) is 123 Å². The van der Waals surface area contributed by atoms with E-state index in [1.54, 1.807) is 12.1 Å². The van der Waals surface area contributed by atoms with Crippen LogP contribution in [0.15, 0.2) is 303 Å². The van der Waals surface area contributed by atoms with Gasteiger partial charge in [0.1, 0.15) is 0 Å². The molecule has 4 nitrogen and oxygen atoms in total. The summed E-state index contributed by atoms with van der Waals surface area (Å²) >= 11 is 0. The molecule has 0 saturated heterocycles. The van der Waals surface area contributed by atoms with Crippen molar-refractivity contribution in [1.29, 1.82) is 0 Å². The third-order valence-corrected chi connectivity index (χ3v) is 17.8. The second-order valence-corrected chi connectivity index (χ2v) is 24.0. The summed E-state index contributed by atoms with van der Waals surface area (Å²) in [5.74, 6) is 0. The summed E-state index contributed by atoms with van der Waals surface area (Å²) in [5, 5.41) is 0.909. The molecule has 16 rings (SSSR count). The molecule has 1 aromatic heterocycles. The highest BCUT2D eigenvalue weighted by atomic mass is 15.2. The van der Waals surface area contributed by atoms with E-state index in [1.165, 1.54) is 0 Å². The molecule has 0 spiro atoms. The van der Waals surface area contributed by atoms with Crippen LogP contribution in [-0.2, 0) is 5.41 Å². The first-order valence-corrected chi connectivity index (χ1v) is 30.1. The van der Waals surface area contributed by atoms with Gasteiger partial charge < -0.3 is 14.4 Å². The Morgan fingerprint density at radius 1 is 0.375 bits per heavy atom. The van der Waals surface area contributed by atoms with Crippen molar-refractivity contribution in [3.05, 3.63) is 320 Å². The minimum absolute atomic E-state index is 0.164. The Balaban J connectivity index is 1.17. The first-order chi connectivity index (χ1) is 44.9. The van der Waals surface area contributed by atoms with Gasteiger partial charge in [-0.05, 0) is 126 Å². The van der Waals surface area contributed by atoms with Crippen molar-refractivity contribution in [2.45, 2.75) is 26.2 Å². The average Bonchev–Trinajstić information content (AvgIpc) is 1.48. The molecule has 14 aromatic rings. The molecule has 13 aromatic carbocycles. The molecule has 3 heterocycles. The molecule has 0 fully saturated rings. The number of nitrogens with zero attached hydrogens (tertiary/aromatic N) is 4. The van der Waals surface area contributed by atoms with Crippen LogP contribution in [0.4, 0.5) is 39.8 Å². The van der Waals surface area contributed by atoms with Gasteiger partial charge in [-0.1, -0.05) is 275 Å². The Bertz CT molecular complexity index is 5200. The van der Waals surface area contributed by atoms with E-state index < -0.39 is 6.71 Å². The lowest BCUT2D eigenvalue weighted by Crippen LogP contribution is -2.62. The van der Waals surface area contributed by atoms with Crippen molar-refractivity contribution in [3.63, 3.8) is 0 Å². The Morgan fingerprint density at radius 2 is 0.830 bits per heavy atom. The fourth-order valence-electron chi connectivity index (χ4n) is 13.8.